The Kier molecular flexibility index (Phi) is 4.93. The van der Waals surface area contributed by atoms with E-state index in [4.69, 9.17) is 4.74 Å². The van der Waals surface area contributed by atoms with Gasteiger partial charge in [-0.25, -0.2) is 14.8 Å². The van der Waals surface area contributed by atoms with E-state index in [0.717, 1.165) is 30.6 Å². The van der Waals surface area contributed by atoms with Crippen LogP contribution in [0.2, 0.25) is 0 Å². The number of amides is 2. The van der Waals surface area contributed by atoms with Crippen LogP contribution in [-0.2, 0) is 0 Å². The van der Waals surface area contributed by atoms with Gasteiger partial charge in [0.25, 0.3) is 0 Å². The lowest BCUT2D eigenvalue weighted by Gasteiger charge is -2.32. The van der Waals surface area contributed by atoms with Crippen LogP contribution in [0.4, 0.5) is 10.5 Å². The fourth-order valence-electron chi connectivity index (χ4n) is 2.74. The Morgan fingerprint density at radius 3 is 2.79 bits per heavy atom. The molecule has 1 unspecified atom stereocenters. The van der Waals surface area contributed by atoms with Crippen molar-refractivity contribution in [3.05, 3.63) is 47.8 Å². The number of carbonyl (C=O) groups is 1. The molecule has 126 valence electrons. The molecule has 1 N–H and O–H groups in total. The number of likely N-dealkylation sites (tertiary alicyclic amines) is 1. The standard InChI is InChI=1S/C18H22N4O2/c1-13-6-7-15(11-14(13)2)21-18(23)22-10-3-5-16(12-22)24-17-19-8-4-9-20-17/h4,6-9,11,16H,3,5,10,12H2,1-2H3,(H,21,23). The zero-order chi connectivity index (χ0) is 16.9. The predicted octanol–water partition coefficient (Wildman–Crippen LogP) is 3.17. The summed E-state index contributed by atoms with van der Waals surface area (Å²) in [5.41, 5.74) is 3.19. The van der Waals surface area contributed by atoms with Crippen LogP contribution >= 0.6 is 0 Å². The molecule has 1 aliphatic rings. The van der Waals surface area contributed by atoms with E-state index in [-0.39, 0.29) is 12.1 Å². The number of hydrogen-bond acceptors (Lipinski definition) is 4. The van der Waals surface area contributed by atoms with Crippen molar-refractivity contribution in [2.45, 2.75) is 32.8 Å². The van der Waals surface area contributed by atoms with Crippen molar-refractivity contribution in [3.8, 4) is 6.01 Å². The Bertz CT molecular complexity index is 705. The van der Waals surface area contributed by atoms with Gasteiger partial charge in [-0.1, -0.05) is 6.07 Å². The molecule has 2 heterocycles. The van der Waals surface area contributed by atoms with E-state index >= 15 is 0 Å². The number of benzene rings is 1. The molecular formula is C18H22N4O2. The first-order valence-electron chi connectivity index (χ1n) is 8.18. The highest BCUT2D eigenvalue weighted by Gasteiger charge is 2.25. The lowest BCUT2D eigenvalue weighted by molar-refractivity contribution is 0.0983. The van der Waals surface area contributed by atoms with Crippen LogP contribution < -0.4 is 10.1 Å². The van der Waals surface area contributed by atoms with Crippen LogP contribution in [0.15, 0.2) is 36.7 Å². The molecule has 3 rings (SSSR count). The second-order valence-electron chi connectivity index (χ2n) is 6.09. The van der Waals surface area contributed by atoms with Gasteiger partial charge in [-0.05, 0) is 56.0 Å². The molecule has 6 heteroatoms. The highest BCUT2D eigenvalue weighted by atomic mass is 16.5. The van der Waals surface area contributed by atoms with Crippen molar-refractivity contribution in [2.24, 2.45) is 0 Å². The molecule has 0 aliphatic carbocycles. The van der Waals surface area contributed by atoms with E-state index in [0.29, 0.717) is 12.6 Å². The zero-order valence-corrected chi connectivity index (χ0v) is 14.0. The van der Waals surface area contributed by atoms with Gasteiger partial charge in [0.1, 0.15) is 6.10 Å². The van der Waals surface area contributed by atoms with Gasteiger partial charge in [-0.15, -0.1) is 0 Å². The highest BCUT2D eigenvalue weighted by molar-refractivity contribution is 5.89. The molecule has 24 heavy (non-hydrogen) atoms. The number of ether oxygens (including phenoxy) is 1. The van der Waals surface area contributed by atoms with Crippen LogP contribution in [0.1, 0.15) is 24.0 Å². The molecule has 2 aromatic rings. The predicted molar refractivity (Wildman–Crippen MR) is 92.2 cm³/mol. The first kappa shape index (κ1) is 16.2. The Hall–Kier alpha value is -2.63. The minimum absolute atomic E-state index is 0.0772. The smallest absolute Gasteiger partial charge is 0.321 e. The molecule has 0 radical (unpaired) electrons. The van der Waals surface area contributed by atoms with Gasteiger partial charge in [0, 0.05) is 24.6 Å². The minimum atomic E-state index is -0.0967. The summed E-state index contributed by atoms with van der Waals surface area (Å²) in [5, 5.41) is 2.96. The molecule has 6 nitrogen and oxygen atoms in total. The van der Waals surface area contributed by atoms with Crippen LogP contribution in [0.25, 0.3) is 0 Å². The van der Waals surface area contributed by atoms with Gasteiger partial charge in [-0.3, -0.25) is 0 Å². The lowest BCUT2D eigenvalue weighted by atomic mass is 10.1. The molecule has 1 saturated heterocycles. The third kappa shape index (κ3) is 4.01. The lowest BCUT2D eigenvalue weighted by Crippen LogP contribution is -2.46. The van der Waals surface area contributed by atoms with Crippen LogP contribution in [0, 0.1) is 13.8 Å². The number of hydrogen-bond donors (Lipinski definition) is 1. The maximum atomic E-state index is 12.5. The average molecular weight is 326 g/mol. The van der Waals surface area contributed by atoms with Crippen molar-refractivity contribution in [1.82, 2.24) is 14.9 Å². The van der Waals surface area contributed by atoms with E-state index in [2.05, 4.69) is 22.2 Å². The van der Waals surface area contributed by atoms with Gasteiger partial charge in [-0.2, -0.15) is 0 Å². The van der Waals surface area contributed by atoms with Gasteiger partial charge in [0.15, 0.2) is 0 Å². The second-order valence-corrected chi connectivity index (χ2v) is 6.09. The Balaban J connectivity index is 1.59. The highest BCUT2D eigenvalue weighted by Crippen LogP contribution is 2.18. The number of carbonyl (C=O) groups excluding carboxylic acids is 1. The number of rotatable bonds is 3. The quantitative estimate of drug-likeness (QED) is 0.941. The monoisotopic (exact) mass is 326 g/mol. The maximum Gasteiger partial charge on any atom is 0.321 e. The van der Waals surface area contributed by atoms with Crippen LogP contribution in [0.3, 0.4) is 0 Å². The number of aromatic nitrogens is 2. The first-order valence-corrected chi connectivity index (χ1v) is 8.18. The van der Waals surface area contributed by atoms with Gasteiger partial charge in [0.05, 0.1) is 6.54 Å². The van der Waals surface area contributed by atoms with Crippen molar-refractivity contribution in [2.75, 3.05) is 18.4 Å². The third-order valence-corrected chi connectivity index (χ3v) is 4.24. The van der Waals surface area contributed by atoms with Crippen LogP contribution in [0.5, 0.6) is 6.01 Å². The number of aryl methyl sites for hydroxylation is 2. The summed E-state index contributed by atoms with van der Waals surface area (Å²) in [6.45, 7) is 5.36. The molecule has 0 saturated carbocycles. The summed E-state index contributed by atoms with van der Waals surface area (Å²) in [4.78, 5) is 22.4. The number of urea groups is 1. The fourth-order valence-corrected chi connectivity index (χ4v) is 2.74. The molecular weight excluding hydrogens is 304 g/mol. The Morgan fingerprint density at radius 1 is 1.25 bits per heavy atom. The molecule has 1 fully saturated rings. The van der Waals surface area contributed by atoms with Crippen molar-refractivity contribution in [3.63, 3.8) is 0 Å². The summed E-state index contributed by atoms with van der Waals surface area (Å²) in [5.74, 6) is 0. The topological polar surface area (TPSA) is 67.4 Å². The van der Waals surface area contributed by atoms with E-state index < -0.39 is 0 Å². The second kappa shape index (κ2) is 7.29. The number of nitrogens with one attached hydrogen (secondary N) is 1. The minimum Gasteiger partial charge on any atom is -0.458 e. The van der Waals surface area contributed by atoms with E-state index in [9.17, 15) is 4.79 Å². The molecule has 1 aliphatic heterocycles. The van der Waals surface area contributed by atoms with Crippen molar-refractivity contribution >= 4 is 11.7 Å². The normalized spacial score (nSPS) is 17.4. The molecule has 0 spiro atoms. The first-order chi connectivity index (χ1) is 11.6. The van der Waals surface area contributed by atoms with E-state index in [1.54, 1.807) is 23.4 Å². The van der Waals surface area contributed by atoms with Crippen molar-refractivity contribution in [1.29, 1.82) is 0 Å². The number of piperidine rings is 1. The number of anilines is 1. The largest absolute Gasteiger partial charge is 0.458 e. The summed E-state index contributed by atoms with van der Waals surface area (Å²) in [6, 6.07) is 7.94. The maximum absolute atomic E-state index is 12.5. The van der Waals surface area contributed by atoms with Crippen molar-refractivity contribution < 1.29 is 9.53 Å². The average Bonchev–Trinajstić information content (AvgIpc) is 2.59. The zero-order valence-electron chi connectivity index (χ0n) is 14.0. The fraction of sp³-hybridized carbons (Fsp3) is 0.389. The SMILES string of the molecule is Cc1ccc(NC(=O)N2CCCC(Oc3ncccn3)C2)cc1C. The van der Waals surface area contributed by atoms with Gasteiger partial charge < -0.3 is 15.0 Å². The third-order valence-electron chi connectivity index (χ3n) is 4.24. The Morgan fingerprint density at radius 2 is 2.04 bits per heavy atom. The van der Waals surface area contributed by atoms with E-state index in [1.165, 1.54) is 5.56 Å². The molecule has 1 atom stereocenters. The molecule has 1 aromatic carbocycles. The summed E-state index contributed by atoms with van der Waals surface area (Å²) >= 11 is 0. The molecule has 0 bridgehead atoms. The van der Waals surface area contributed by atoms with Crippen LogP contribution in [-0.4, -0.2) is 40.1 Å². The van der Waals surface area contributed by atoms with Gasteiger partial charge >= 0.3 is 12.0 Å². The summed E-state index contributed by atoms with van der Waals surface area (Å²) in [6.07, 6.45) is 5.01. The van der Waals surface area contributed by atoms with Gasteiger partial charge in [0.2, 0.25) is 0 Å². The summed E-state index contributed by atoms with van der Waals surface area (Å²) in [7, 11) is 0. The molecule has 1 aromatic heterocycles. The summed E-state index contributed by atoms with van der Waals surface area (Å²) < 4.78 is 5.78. The Labute approximate surface area is 141 Å². The molecule has 2 amide bonds. The van der Waals surface area contributed by atoms with E-state index in [1.807, 2.05) is 25.1 Å². The number of nitrogens with zero attached hydrogens (tertiary/aromatic N) is 3.